The Kier molecular flexibility index (Phi) is 7.72. The molecular weight excluding hydrogens is 312 g/mol. The van der Waals surface area contributed by atoms with Gasteiger partial charge in [0.05, 0.1) is 12.2 Å². The number of amides is 1. The fourth-order valence-electron chi connectivity index (χ4n) is 2.60. The molecule has 0 radical (unpaired) electrons. The van der Waals surface area contributed by atoms with Crippen LogP contribution in [-0.2, 0) is 4.79 Å². The second kappa shape index (κ2) is 9.02. The molecule has 0 bridgehead atoms. The molecule has 0 aliphatic carbocycles. The Balaban J connectivity index is 0.00000242. The molecule has 7 heteroatoms. The van der Waals surface area contributed by atoms with Crippen molar-refractivity contribution >= 4 is 24.0 Å². The maximum Gasteiger partial charge on any atom is 0.238 e. The van der Waals surface area contributed by atoms with Gasteiger partial charge in [0.25, 0.3) is 0 Å². The van der Waals surface area contributed by atoms with E-state index in [4.69, 9.17) is 0 Å². The molecule has 0 spiro atoms. The Labute approximate surface area is 135 Å². The summed E-state index contributed by atoms with van der Waals surface area (Å²) in [6.45, 7) is 4.87. The molecule has 1 aliphatic rings. The first-order valence-electron chi connectivity index (χ1n) is 7.30. The normalized spacial score (nSPS) is 17.4. The van der Waals surface area contributed by atoms with Gasteiger partial charge in [-0.15, -0.1) is 12.4 Å². The number of carbonyl (C=O) groups is 1. The van der Waals surface area contributed by atoms with Gasteiger partial charge in [-0.2, -0.15) is 0 Å². The minimum Gasteiger partial charge on any atom is -0.322 e. The molecule has 0 aromatic heterocycles. The monoisotopic (exact) mass is 333 g/mol. The van der Waals surface area contributed by atoms with Gasteiger partial charge in [-0.05, 0) is 38.1 Å². The SMILES string of the molecule is CCCN(CC(=O)Nc1cc(F)ccc1F)C1CCNC1.Cl. The van der Waals surface area contributed by atoms with Crippen molar-refractivity contribution in [3.05, 3.63) is 29.8 Å². The average molecular weight is 334 g/mol. The van der Waals surface area contributed by atoms with Crippen LogP contribution in [0.25, 0.3) is 0 Å². The Morgan fingerprint density at radius 1 is 1.45 bits per heavy atom. The van der Waals surface area contributed by atoms with Crippen molar-refractivity contribution in [1.82, 2.24) is 10.2 Å². The number of benzene rings is 1. The summed E-state index contributed by atoms with van der Waals surface area (Å²) < 4.78 is 26.6. The molecule has 22 heavy (non-hydrogen) atoms. The summed E-state index contributed by atoms with van der Waals surface area (Å²) in [5.41, 5.74) is -0.110. The standard InChI is InChI=1S/C15H21F2N3O.ClH/c1-2-7-20(12-5-6-18-9-12)10-15(21)19-14-8-11(16)3-4-13(14)17;/h3-4,8,12,18H,2,5-7,9-10H2,1H3,(H,19,21);1H. The molecule has 2 rings (SSSR count). The van der Waals surface area contributed by atoms with Gasteiger partial charge in [-0.1, -0.05) is 6.92 Å². The van der Waals surface area contributed by atoms with Gasteiger partial charge in [0.15, 0.2) is 0 Å². The molecule has 1 aromatic rings. The number of nitrogens with zero attached hydrogens (tertiary/aromatic N) is 1. The smallest absolute Gasteiger partial charge is 0.238 e. The van der Waals surface area contributed by atoms with Crippen molar-refractivity contribution in [2.24, 2.45) is 0 Å². The third-order valence-corrected chi connectivity index (χ3v) is 3.61. The lowest BCUT2D eigenvalue weighted by atomic mass is 10.2. The van der Waals surface area contributed by atoms with Gasteiger partial charge in [0.2, 0.25) is 5.91 Å². The van der Waals surface area contributed by atoms with Crippen LogP contribution in [0, 0.1) is 11.6 Å². The summed E-state index contributed by atoms with van der Waals surface area (Å²) in [6, 6.07) is 3.36. The number of hydrogen-bond acceptors (Lipinski definition) is 3. The Morgan fingerprint density at radius 3 is 2.86 bits per heavy atom. The lowest BCUT2D eigenvalue weighted by Gasteiger charge is -2.27. The third kappa shape index (κ3) is 5.19. The van der Waals surface area contributed by atoms with Crippen molar-refractivity contribution in [2.75, 3.05) is 31.5 Å². The molecule has 2 N–H and O–H groups in total. The molecule has 124 valence electrons. The van der Waals surface area contributed by atoms with Gasteiger partial charge in [-0.25, -0.2) is 8.78 Å². The first kappa shape index (κ1) is 18.8. The van der Waals surface area contributed by atoms with Crippen LogP contribution in [0.15, 0.2) is 18.2 Å². The van der Waals surface area contributed by atoms with Crippen LogP contribution in [0.4, 0.5) is 14.5 Å². The van der Waals surface area contributed by atoms with E-state index < -0.39 is 11.6 Å². The molecule has 1 saturated heterocycles. The minimum absolute atomic E-state index is 0. The third-order valence-electron chi connectivity index (χ3n) is 3.61. The van der Waals surface area contributed by atoms with E-state index in [1.165, 1.54) is 0 Å². The van der Waals surface area contributed by atoms with E-state index in [1.54, 1.807) is 0 Å². The Bertz CT molecular complexity index is 496. The highest BCUT2D eigenvalue weighted by molar-refractivity contribution is 5.92. The van der Waals surface area contributed by atoms with Gasteiger partial charge >= 0.3 is 0 Å². The van der Waals surface area contributed by atoms with Crippen LogP contribution in [-0.4, -0.2) is 43.0 Å². The van der Waals surface area contributed by atoms with Crippen LogP contribution in [0.1, 0.15) is 19.8 Å². The fourth-order valence-corrected chi connectivity index (χ4v) is 2.60. The number of anilines is 1. The summed E-state index contributed by atoms with van der Waals surface area (Å²) in [4.78, 5) is 14.1. The van der Waals surface area contributed by atoms with E-state index in [0.29, 0.717) is 6.04 Å². The molecule has 1 amide bonds. The molecule has 4 nitrogen and oxygen atoms in total. The predicted octanol–water partition coefficient (Wildman–Crippen LogP) is 2.40. The highest BCUT2D eigenvalue weighted by atomic mass is 35.5. The highest BCUT2D eigenvalue weighted by Gasteiger charge is 2.23. The number of carbonyl (C=O) groups excluding carboxylic acids is 1. The quantitative estimate of drug-likeness (QED) is 0.840. The summed E-state index contributed by atoms with van der Waals surface area (Å²) in [5, 5.41) is 5.72. The zero-order valence-electron chi connectivity index (χ0n) is 12.6. The molecule has 1 heterocycles. The fraction of sp³-hybridized carbons (Fsp3) is 0.533. The molecule has 1 aliphatic heterocycles. The largest absolute Gasteiger partial charge is 0.322 e. The second-order valence-electron chi connectivity index (χ2n) is 5.29. The van der Waals surface area contributed by atoms with Crippen LogP contribution < -0.4 is 10.6 Å². The van der Waals surface area contributed by atoms with Crippen LogP contribution in [0.2, 0.25) is 0 Å². The molecule has 0 saturated carbocycles. The van der Waals surface area contributed by atoms with Crippen LogP contribution in [0.3, 0.4) is 0 Å². The lowest BCUT2D eigenvalue weighted by molar-refractivity contribution is -0.117. The topological polar surface area (TPSA) is 44.4 Å². The maximum absolute atomic E-state index is 13.5. The zero-order valence-corrected chi connectivity index (χ0v) is 13.4. The van der Waals surface area contributed by atoms with Gasteiger partial charge in [-0.3, -0.25) is 9.69 Å². The van der Waals surface area contributed by atoms with Crippen molar-refractivity contribution in [1.29, 1.82) is 0 Å². The van der Waals surface area contributed by atoms with E-state index in [1.807, 2.05) is 0 Å². The van der Waals surface area contributed by atoms with E-state index >= 15 is 0 Å². The summed E-state index contributed by atoms with van der Waals surface area (Å²) >= 11 is 0. The van der Waals surface area contributed by atoms with Crippen LogP contribution >= 0.6 is 12.4 Å². The number of rotatable bonds is 6. The summed E-state index contributed by atoms with van der Waals surface area (Å²) in [6.07, 6.45) is 1.94. The Hall–Kier alpha value is -1.24. The van der Waals surface area contributed by atoms with E-state index in [9.17, 15) is 13.6 Å². The summed E-state index contributed by atoms with van der Waals surface area (Å²) in [7, 11) is 0. The lowest BCUT2D eigenvalue weighted by Crippen LogP contribution is -2.42. The van der Waals surface area contributed by atoms with Gasteiger partial charge < -0.3 is 10.6 Å². The number of halogens is 3. The van der Waals surface area contributed by atoms with E-state index in [0.717, 1.165) is 50.7 Å². The van der Waals surface area contributed by atoms with E-state index in [2.05, 4.69) is 22.5 Å². The van der Waals surface area contributed by atoms with Crippen molar-refractivity contribution < 1.29 is 13.6 Å². The first-order chi connectivity index (χ1) is 10.1. The summed E-state index contributed by atoms with van der Waals surface area (Å²) in [5.74, 6) is -1.52. The molecule has 1 atom stereocenters. The second-order valence-corrected chi connectivity index (χ2v) is 5.29. The molecule has 1 aromatic carbocycles. The van der Waals surface area contributed by atoms with Gasteiger partial charge in [0, 0.05) is 18.7 Å². The van der Waals surface area contributed by atoms with Crippen LogP contribution in [0.5, 0.6) is 0 Å². The zero-order chi connectivity index (χ0) is 15.2. The minimum atomic E-state index is -0.630. The highest BCUT2D eigenvalue weighted by Crippen LogP contribution is 2.16. The predicted molar refractivity (Wildman–Crippen MR) is 85.4 cm³/mol. The molecular formula is C15H22ClF2N3O. The maximum atomic E-state index is 13.5. The Morgan fingerprint density at radius 2 is 2.23 bits per heavy atom. The van der Waals surface area contributed by atoms with Crippen molar-refractivity contribution in [3.8, 4) is 0 Å². The number of nitrogens with one attached hydrogen (secondary N) is 2. The number of hydrogen-bond donors (Lipinski definition) is 2. The van der Waals surface area contributed by atoms with Crippen molar-refractivity contribution in [3.63, 3.8) is 0 Å². The first-order valence-corrected chi connectivity index (χ1v) is 7.30. The van der Waals surface area contributed by atoms with E-state index in [-0.39, 0.29) is 30.5 Å². The molecule has 1 unspecified atom stereocenters. The average Bonchev–Trinajstić information content (AvgIpc) is 2.96. The van der Waals surface area contributed by atoms with Gasteiger partial charge in [0.1, 0.15) is 11.6 Å². The van der Waals surface area contributed by atoms with Crippen molar-refractivity contribution in [2.45, 2.75) is 25.8 Å². The molecule has 1 fully saturated rings.